The van der Waals surface area contributed by atoms with E-state index in [0.717, 1.165) is 68.6 Å². The Morgan fingerprint density at radius 3 is 2.46 bits per heavy atom. The van der Waals surface area contributed by atoms with Gasteiger partial charge >= 0.3 is 0 Å². The van der Waals surface area contributed by atoms with Crippen molar-refractivity contribution >= 4 is 5.82 Å². The van der Waals surface area contributed by atoms with Gasteiger partial charge in [-0.25, -0.2) is 8.78 Å². The van der Waals surface area contributed by atoms with Crippen molar-refractivity contribution < 1.29 is 19.0 Å². The second-order valence-corrected chi connectivity index (χ2v) is 7.74. The number of alkyl halides is 2. The molecule has 1 saturated carbocycles. The van der Waals surface area contributed by atoms with Crippen molar-refractivity contribution in [3.05, 3.63) is 34.9 Å². The lowest BCUT2D eigenvalue weighted by Crippen LogP contribution is -2.37. The molecule has 0 radical (unpaired) electrons. The molecular weight excluding hydrogens is 364 g/mol. The monoisotopic (exact) mass is 389 g/mol. The Balaban J connectivity index is 1.70. The summed E-state index contributed by atoms with van der Waals surface area (Å²) in [5, 5.41) is 32.7. The summed E-state index contributed by atoms with van der Waals surface area (Å²) in [7, 11) is 0. The largest absolute Gasteiger partial charge is 0.507 e. The van der Waals surface area contributed by atoms with E-state index < -0.39 is 6.43 Å². The van der Waals surface area contributed by atoms with E-state index >= 15 is 0 Å². The number of phenols is 1. The summed E-state index contributed by atoms with van der Waals surface area (Å²) in [6, 6.07) is 3.88. The molecule has 0 bridgehead atoms. The number of nitrogens with one attached hydrogen (secondary N) is 1. The van der Waals surface area contributed by atoms with Crippen LogP contribution in [-0.4, -0.2) is 32.6 Å². The predicted molar refractivity (Wildman–Crippen MR) is 103 cm³/mol. The van der Waals surface area contributed by atoms with E-state index in [-0.39, 0.29) is 23.5 Å². The Bertz CT molecular complexity index is 860. The van der Waals surface area contributed by atoms with Crippen LogP contribution in [0.1, 0.15) is 61.6 Å². The van der Waals surface area contributed by atoms with Crippen molar-refractivity contribution in [1.29, 1.82) is 0 Å². The fraction of sp³-hybridized carbons (Fsp3) is 0.524. The van der Waals surface area contributed by atoms with Crippen LogP contribution < -0.4 is 5.32 Å². The number of aliphatic hydroxyl groups is 1. The number of nitrogens with zero attached hydrogens (tertiary/aromatic N) is 2. The van der Waals surface area contributed by atoms with E-state index in [1.165, 1.54) is 12.1 Å². The van der Waals surface area contributed by atoms with Crippen molar-refractivity contribution in [2.45, 2.75) is 69.9 Å². The zero-order valence-electron chi connectivity index (χ0n) is 15.7. The van der Waals surface area contributed by atoms with Crippen LogP contribution in [0.4, 0.5) is 14.6 Å². The van der Waals surface area contributed by atoms with E-state index in [4.69, 9.17) is 0 Å². The van der Waals surface area contributed by atoms with Crippen LogP contribution in [0, 0.1) is 0 Å². The number of fused-ring (bicyclic) bond motifs is 1. The summed E-state index contributed by atoms with van der Waals surface area (Å²) in [5.74, 6) is 0.497. The van der Waals surface area contributed by atoms with Gasteiger partial charge in [0.2, 0.25) is 0 Å². The molecule has 7 heteroatoms. The maximum atomic E-state index is 12.9. The summed E-state index contributed by atoms with van der Waals surface area (Å²) < 4.78 is 25.8. The van der Waals surface area contributed by atoms with Crippen molar-refractivity contribution in [3.8, 4) is 17.0 Å². The molecule has 1 fully saturated rings. The molecule has 28 heavy (non-hydrogen) atoms. The molecule has 1 heterocycles. The molecule has 2 aliphatic rings. The molecule has 3 N–H and O–H groups in total. The number of phenolic OH excluding ortho intramolecular Hbond substituents is 1. The van der Waals surface area contributed by atoms with Crippen LogP contribution in [0.3, 0.4) is 0 Å². The summed E-state index contributed by atoms with van der Waals surface area (Å²) in [6.07, 6.45) is 4.47. The zero-order valence-corrected chi connectivity index (χ0v) is 15.7. The minimum Gasteiger partial charge on any atom is -0.507 e. The second kappa shape index (κ2) is 7.99. The fourth-order valence-electron chi connectivity index (χ4n) is 4.32. The van der Waals surface area contributed by atoms with Crippen molar-refractivity contribution in [3.63, 3.8) is 0 Å². The van der Waals surface area contributed by atoms with Crippen LogP contribution in [0.5, 0.6) is 5.75 Å². The maximum absolute atomic E-state index is 12.9. The van der Waals surface area contributed by atoms with Crippen LogP contribution in [0.25, 0.3) is 11.3 Å². The SMILES string of the molecule is Oc1cc(C(F)F)ccc1-c1nnc(N[C@@H]2CCCC[C@H]2O)c2c1CCCC2. The maximum Gasteiger partial charge on any atom is 0.263 e. The smallest absolute Gasteiger partial charge is 0.263 e. The molecule has 2 aromatic rings. The quantitative estimate of drug-likeness (QED) is 0.723. The van der Waals surface area contributed by atoms with Crippen molar-refractivity contribution in [2.24, 2.45) is 0 Å². The number of anilines is 1. The van der Waals surface area contributed by atoms with Crippen molar-refractivity contribution in [1.82, 2.24) is 10.2 Å². The Morgan fingerprint density at radius 2 is 1.75 bits per heavy atom. The summed E-state index contributed by atoms with van der Waals surface area (Å²) in [6.45, 7) is 0. The molecule has 0 unspecified atom stereocenters. The fourth-order valence-corrected chi connectivity index (χ4v) is 4.32. The first-order valence-corrected chi connectivity index (χ1v) is 9.99. The van der Waals surface area contributed by atoms with Gasteiger partial charge in [0.05, 0.1) is 12.1 Å². The van der Waals surface area contributed by atoms with Crippen LogP contribution >= 0.6 is 0 Å². The molecule has 4 rings (SSSR count). The van der Waals surface area contributed by atoms with E-state index in [2.05, 4.69) is 15.5 Å². The van der Waals surface area contributed by atoms with Gasteiger partial charge in [-0.2, -0.15) is 0 Å². The van der Waals surface area contributed by atoms with Gasteiger partial charge in [0, 0.05) is 16.7 Å². The van der Waals surface area contributed by atoms with E-state index in [1.54, 1.807) is 0 Å². The number of aromatic hydroxyl groups is 1. The molecule has 0 amide bonds. The highest BCUT2D eigenvalue weighted by atomic mass is 19.3. The third-order valence-electron chi connectivity index (χ3n) is 5.87. The first-order valence-electron chi connectivity index (χ1n) is 9.99. The van der Waals surface area contributed by atoms with Gasteiger partial charge in [-0.05, 0) is 56.2 Å². The van der Waals surface area contributed by atoms with Gasteiger partial charge in [0.15, 0.2) is 5.82 Å². The van der Waals surface area contributed by atoms with Gasteiger partial charge in [0.1, 0.15) is 11.4 Å². The number of rotatable bonds is 4. The number of halogens is 2. The molecule has 0 saturated heterocycles. The number of aromatic nitrogens is 2. The third-order valence-corrected chi connectivity index (χ3v) is 5.87. The number of aliphatic hydroxyl groups excluding tert-OH is 1. The van der Waals surface area contributed by atoms with Crippen LogP contribution in [0.15, 0.2) is 18.2 Å². The van der Waals surface area contributed by atoms with E-state index in [9.17, 15) is 19.0 Å². The summed E-state index contributed by atoms with van der Waals surface area (Å²) >= 11 is 0. The average molecular weight is 389 g/mol. The average Bonchev–Trinajstić information content (AvgIpc) is 2.70. The molecule has 150 valence electrons. The molecule has 0 aliphatic heterocycles. The molecule has 1 aromatic carbocycles. The lowest BCUT2D eigenvalue weighted by Gasteiger charge is -2.30. The normalized spacial score (nSPS) is 22.1. The Kier molecular flexibility index (Phi) is 5.44. The minimum atomic E-state index is -2.63. The van der Waals surface area contributed by atoms with Gasteiger partial charge in [-0.1, -0.05) is 18.9 Å². The Morgan fingerprint density at radius 1 is 1.00 bits per heavy atom. The third kappa shape index (κ3) is 3.68. The Labute approximate surface area is 162 Å². The lowest BCUT2D eigenvalue weighted by molar-refractivity contribution is 0.116. The molecule has 2 atom stereocenters. The summed E-state index contributed by atoms with van der Waals surface area (Å²) in [4.78, 5) is 0. The molecule has 5 nitrogen and oxygen atoms in total. The molecular formula is C21H25F2N3O2. The number of hydrogen-bond donors (Lipinski definition) is 3. The minimum absolute atomic E-state index is 0.0290. The van der Waals surface area contributed by atoms with E-state index in [0.29, 0.717) is 17.1 Å². The summed E-state index contributed by atoms with van der Waals surface area (Å²) in [5.41, 5.74) is 2.84. The second-order valence-electron chi connectivity index (χ2n) is 7.74. The topological polar surface area (TPSA) is 78.3 Å². The van der Waals surface area contributed by atoms with Crippen LogP contribution in [0.2, 0.25) is 0 Å². The van der Waals surface area contributed by atoms with Gasteiger partial charge in [0.25, 0.3) is 6.43 Å². The molecule has 1 aromatic heterocycles. The number of hydrogen-bond acceptors (Lipinski definition) is 5. The number of benzene rings is 1. The molecule has 2 aliphatic carbocycles. The van der Waals surface area contributed by atoms with Crippen LogP contribution in [-0.2, 0) is 12.8 Å². The lowest BCUT2D eigenvalue weighted by atomic mass is 9.88. The van der Waals surface area contributed by atoms with Gasteiger partial charge in [-0.15, -0.1) is 10.2 Å². The van der Waals surface area contributed by atoms with Gasteiger partial charge < -0.3 is 15.5 Å². The highest BCUT2D eigenvalue weighted by Crippen LogP contribution is 2.38. The highest BCUT2D eigenvalue weighted by Gasteiger charge is 2.27. The van der Waals surface area contributed by atoms with Gasteiger partial charge in [-0.3, -0.25) is 0 Å². The predicted octanol–water partition coefficient (Wildman–Crippen LogP) is 4.38. The molecule has 0 spiro atoms. The first-order chi connectivity index (χ1) is 13.5. The van der Waals surface area contributed by atoms with Crippen molar-refractivity contribution in [2.75, 3.05) is 5.32 Å². The highest BCUT2D eigenvalue weighted by molar-refractivity contribution is 5.73. The standard InChI is InChI=1S/C21H25F2N3O2/c22-20(23)12-9-10-15(18(28)11-12)19-13-5-1-2-6-14(13)21(26-25-19)24-16-7-3-4-8-17(16)27/h9-11,16-17,20,27-28H,1-8H2,(H,24,26)/t16-,17-/m1/s1. The van der Waals surface area contributed by atoms with E-state index in [1.807, 2.05) is 0 Å². The first kappa shape index (κ1) is 19.1. The zero-order chi connectivity index (χ0) is 19.7. The Hall–Kier alpha value is -2.28.